The minimum absolute atomic E-state index is 0.172. The third-order valence-electron chi connectivity index (χ3n) is 6.09. The average Bonchev–Trinajstić information content (AvgIpc) is 3.01. The highest BCUT2D eigenvalue weighted by molar-refractivity contribution is 9.10. The Morgan fingerprint density at radius 3 is 1.84 bits per heavy atom. The van der Waals surface area contributed by atoms with Crippen LogP contribution in [0.4, 0.5) is 0 Å². The smallest absolute Gasteiger partial charge is 0.258 e. The van der Waals surface area contributed by atoms with Crippen LogP contribution in [0.15, 0.2) is 46.9 Å². The van der Waals surface area contributed by atoms with Crippen LogP contribution in [0.3, 0.4) is 0 Å². The summed E-state index contributed by atoms with van der Waals surface area (Å²) in [6.07, 6.45) is 0.172. The number of benzene rings is 2. The molecule has 168 valence electrons. The van der Waals surface area contributed by atoms with Crippen LogP contribution in [0.1, 0.15) is 55.4 Å². The standard InChI is InChI=1S/C26H35BrO2SSi/c1-16(2)28-22-13-14-23-24(15-22)30-26(25(23)27)20-9-11-21(12-10-20)29-31(17(3)4,18(5)6)19(7)8/h9-19H,1-8H3. The van der Waals surface area contributed by atoms with Crippen molar-refractivity contribution in [1.29, 1.82) is 0 Å². The molecule has 0 saturated heterocycles. The van der Waals surface area contributed by atoms with Gasteiger partial charge >= 0.3 is 0 Å². The largest absolute Gasteiger partial charge is 0.543 e. The van der Waals surface area contributed by atoms with Crippen LogP contribution < -0.4 is 9.16 Å². The van der Waals surface area contributed by atoms with Gasteiger partial charge in [0, 0.05) is 19.4 Å². The minimum Gasteiger partial charge on any atom is -0.543 e. The van der Waals surface area contributed by atoms with Crippen molar-refractivity contribution in [2.24, 2.45) is 0 Å². The molecule has 31 heavy (non-hydrogen) atoms. The number of hydrogen-bond donors (Lipinski definition) is 0. The van der Waals surface area contributed by atoms with Gasteiger partial charge in [-0.1, -0.05) is 41.5 Å². The molecule has 1 aromatic heterocycles. The van der Waals surface area contributed by atoms with Crippen molar-refractivity contribution in [1.82, 2.24) is 0 Å². The maximum Gasteiger partial charge on any atom is 0.258 e. The van der Waals surface area contributed by atoms with Crippen molar-refractivity contribution in [2.45, 2.75) is 78.1 Å². The molecule has 0 aliphatic rings. The maximum absolute atomic E-state index is 6.83. The van der Waals surface area contributed by atoms with Gasteiger partial charge < -0.3 is 9.16 Å². The summed E-state index contributed by atoms with van der Waals surface area (Å²) in [5, 5.41) is 1.22. The Bertz CT molecular complexity index is 1000. The predicted molar refractivity (Wildman–Crippen MR) is 142 cm³/mol. The molecule has 5 heteroatoms. The first kappa shape index (κ1) is 24.3. The number of thiophene rings is 1. The highest BCUT2D eigenvalue weighted by atomic mass is 79.9. The first-order valence-corrected chi connectivity index (χ1v) is 15.0. The first-order valence-electron chi connectivity index (χ1n) is 11.2. The SMILES string of the molecule is CC(C)Oc1ccc2c(Br)c(-c3ccc(O[Si](C(C)C)(C(C)C)C(C)C)cc3)sc2c1. The van der Waals surface area contributed by atoms with E-state index in [9.17, 15) is 0 Å². The molecule has 0 spiro atoms. The van der Waals surface area contributed by atoms with Crippen molar-refractivity contribution >= 4 is 45.7 Å². The number of halogens is 1. The molecule has 0 aliphatic heterocycles. The van der Waals surface area contributed by atoms with Crippen LogP contribution in [-0.4, -0.2) is 14.4 Å². The summed E-state index contributed by atoms with van der Waals surface area (Å²) in [6, 6.07) is 15.0. The summed E-state index contributed by atoms with van der Waals surface area (Å²) in [5.74, 6) is 1.92. The third kappa shape index (κ3) is 4.89. The fraction of sp³-hybridized carbons (Fsp3) is 0.462. The fourth-order valence-electron chi connectivity index (χ4n) is 4.81. The lowest BCUT2D eigenvalue weighted by molar-refractivity contribution is 0.243. The summed E-state index contributed by atoms with van der Waals surface area (Å²) in [4.78, 5) is 1.24. The number of hydrogen-bond acceptors (Lipinski definition) is 3. The van der Waals surface area contributed by atoms with E-state index in [0.29, 0.717) is 16.6 Å². The van der Waals surface area contributed by atoms with Gasteiger partial charge in [-0.15, -0.1) is 11.3 Å². The molecule has 3 rings (SSSR count). The van der Waals surface area contributed by atoms with Crippen LogP contribution in [0.5, 0.6) is 11.5 Å². The number of ether oxygens (including phenoxy) is 1. The zero-order valence-electron chi connectivity index (χ0n) is 20.0. The van der Waals surface area contributed by atoms with Crippen LogP contribution in [0.2, 0.25) is 16.6 Å². The minimum atomic E-state index is -1.94. The van der Waals surface area contributed by atoms with E-state index in [1.807, 2.05) is 0 Å². The Kier molecular flexibility index (Phi) is 7.60. The molecular formula is C26H35BrO2SSi. The molecule has 3 aromatic rings. The second-order valence-electron chi connectivity index (χ2n) is 9.51. The first-order chi connectivity index (χ1) is 14.6. The summed E-state index contributed by atoms with van der Waals surface area (Å²) in [7, 11) is -1.94. The molecular weight excluding hydrogens is 484 g/mol. The summed E-state index contributed by atoms with van der Waals surface area (Å²) in [6.45, 7) is 18.1. The molecule has 0 atom stereocenters. The van der Waals surface area contributed by atoms with E-state index < -0.39 is 8.32 Å². The molecule has 0 bridgehead atoms. The van der Waals surface area contributed by atoms with Crippen molar-refractivity contribution < 1.29 is 9.16 Å². The molecule has 0 saturated carbocycles. The Morgan fingerprint density at radius 1 is 0.774 bits per heavy atom. The number of rotatable bonds is 8. The lowest BCUT2D eigenvalue weighted by Gasteiger charge is -2.42. The van der Waals surface area contributed by atoms with Gasteiger partial charge in [0.1, 0.15) is 11.5 Å². The number of fused-ring (bicyclic) bond motifs is 1. The van der Waals surface area contributed by atoms with E-state index in [1.165, 1.54) is 20.5 Å². The molecule has 0 radical (unpaired) electrons. The van der Waals surface area contributed by atoms with Gasteiger partial charge in [-0.3, -0.25) is 0 Å². The Morgan fingerprint density at radius 2 is 1.32 bits per heavy atom. The maximum atomic E-state index is 6.83. The second-order valence-corrected chi connectivity index (χ2v) is 16.7. The highest BCUT2D eigenvalue weighted by Gasteiger charge is 2.46. The topological polar surface area (TPSA) is 18.5 Å². The Balaban J connectivity index is 1.92. The van der Waals surface area contributed by atoms with Crippen molar-refractivity contribution in [3.05, 3.63) is 46.9 Å². The van der Waals surface area contributed by atoms with E-state index in [1.54, 1.807) is 11.3 Å². The Labute approximate surface area is 201 Å². The quantitative estimate of drug-likeness (QED) is 0.276. The van der Waals surface area contributed by atoms with Gasteiger partial charge in [0.25, 0.3) is 8.32 Å². The average molecular weight is 520 g/mol. The monoisotopic (exact) mass is 518 g/mol. The van der Waals surface area contributed by atoms with Crippen LogP contribution in [0, 0.1) is 0 Å². The molecule has 0 fully saturated rings. The molecule has 0 amide bonds. The fourth-order valence-corrected chi connectivity index (χ4v) is 12.1. The van der Waals surface area contributed by atoms with Crippen molar-refractivity contribution in [3.8, 4) is 21.9 Å². The van der Waals surface area contributed by atoms with E-state index >= 15 is 0 Å². The van der Waals surface area contributed by atoms with Crippen LogP contribution in [-0.2, 0) is 0 Å². The molecule has 0 unspecified atom stereocenters. The highest BCUT2D eigenvalue weighted by Crippen LogP contribution is 2.45. The molecule has 2 nitrogen and oxygen atoms in total. The van der Waals surface area contributed by atoms with Crippen LogP contribution in [0.25, 0.3) is 20.5 Å². The lowest BCUT2D eigenvalue weighted by atomic mass is 10.1. The lowest BCUT2D eigenvalue weighted by Crippen LogP contribution is -2.50. The van der Waals surface area contributed by atoms with Crippen LogP contribution >= 0.6 is 27.3 Å². The van der Waals surface area contributed by atoms with E-state index in [0.717, 1.165) is 16.0 Å². The summed E-state index contributed by atoms with van der Waals surface area (Å²) >= 11 is 5.63. The zero-order valence-corrected chi connectivity index (χ0v) is 23.4. The normalized spacial score (nSPS) is 12.5. The molecule has 2 aromatic carbocycles. The van der Waals surface area contributed by atoms with Gasteiger partial charge in [0.2, 0.25) is 0 Å². The van der Waals surface area contributed by atoms with E-state index in [4.69, 9.17) is 9.16 Å². The summed E-state index contributed by atoms with van der Waals surface area (Å²) < 4.78 is 15.1. The van der Waals surface area contributed by atoms with Crippen molar-refractivity contribution in [3.63, 3.8) is 0 Å². The van der Waals surface area contributed by atoms with E-state index in [-0.39, 0.29) is 6.10 Å². The third-order valence-corrected chi connectivity index (χ3v) is 14.4. The van der Waals surface area contributed by atoms with Gasteiger partial charge in [-0.25, -0.2) is 0 Å². The molecule has 0 aliphatic carbocycles. The van der Waals surface area contributed by atoms with Gasteiger partial charge in [0.15, 0.2) is 0 Å². The van der Waals surface area contributed by atoms with Crippen molar-refractivity contribution in [2.75, 3.05) is 0 Å². The predicted octanol–water partition coefficient (Wildman–Crippen LogP) is 9.67. The molecule has 1 heterocycles. The zero-order chi connectivity index (χ0) is 22.9. The Hall–Kier alpha value is -1.30. The van der Waals surface area contributed by atoms with Gasteiger partial charge in [-0.2, -0.15) is 0 Å². The van der Waals surface area contributed by atoms with E-state index in [2.05, 4.69) is 114 Å². The summed E-state index contributed by atoms with van der Waals surface area (Å²) in [5.41, 5.74) is 2.89. The van der Waals surface area contributed by atoms with Gasteiger partial charge in [-0.05, 0) is 94.4 Å². The second kappa shape index (κ2) is 9.68. The molecule has 0 N–H and O–H groups in total. The van der Waals surface area contributed by atoms with Gasteiger partial charge in [0.05, 0.1) is 6.10 Å².